The van der Waals surface area contributed by atoms with Crippen LogP contribution >= 0.6 is 11.8 Å². The van der Waals surface area contributed by atoms with E-state index < -0.39 is 5.97 Å². The molecule has 0 amide bonds. The topological polar surface area (TPSA) is 49.3 Å². The van der Waals surface area contributed by atoms with E-state index in [4.69, 9.17) is 0 Å². The first-order chi connectivity index (χ1) is 9.04. The number of aromatic carboxylic acids is 1. The molecule has 0 spiro atoms. The SMILES string of the molecule is CCC(CC)C(C)Nc1cccc(SC)c1C(=O)O. The third-order valence-corrected chi connectivity index (χ3v) is 4.38. The Labute approximate surface area is 119 Å². The maximum absolute atomic E-state index is 11.4. The van der Waals surface area contributed by atoms with Crippen molar-refractivity contribution in [3.8, 4) is 0 Å². The minimum absolute atomic E-state index is 0.269. The van der Waals surface area contributed by atoms with E-state index in [1.165, 1.54) is 11.8 Å². The molecule has 2 N–H and O–H groups in total. The van der Waals surface area contributed by atoms with Crippen LogP contribution in [-0.4, -0.2) is 23.4 Å². The number of anilines is 1. The highest BCUT2D eigenvalue weighted by molar-refractivity contribution is 7.98. The maximum atomic E-state index is 11.4. The van der Waals surface area contributed by atoms with Gasteiger partial charge in [0, 0.05) is 10.9 Å². The Kier molecular flexibility index (Phi) is 6.22. The van der Waals surface area contributed by atoms with Crippen LogP contribution in [0.2, 0.25) is 0 Å². The average molecular weight is 281 g/mol. The van der Waals surface area contributed by atoms with E-state index in [0.717, 1.165) is 23.4 Å². The van der Waals surface area contributed by atoms with E-state index in [1.807, 2.05) is 24.5 Å². The number of benzene rings is 1. The summed E-state index contributed by atoms with van der Waals surface area (Å²) in [4.78, 5) is 12.2. The minimum atomic E-state index is -0.871. The van der Waals surface area contributed by atoms with Crippen LogP contribution in [0.3, 0.4) is 0 Å². The average Bonchev–Trinajstić information content (AvgIpc) is 2.39. The second kappa shape index (κ2) is 7.43. The molecular formula is C15H23NO2S. The van der Waals surface area contributed by atoms with Gasteiger partial charge in [0.15, 0.2) is 0 Å². The molecule has 1 unspecified atom stereocenters. The van der Waals surface area contributed by atoms with Crippen molar-refractivity contribution in [2.75, 3.05) is 11.6 Å². The summed E-state index contributed by atoms with van der Waals surface area (Å²) in [5.41, 5.74) is 1.10. The lowest BCUT2D eigenvalue weighted by atomic mass is 9.95. The van der Waals surface area contributed by atoms with Crippen LogP contribution in [0, 0.1) is 5.92 Å². The highest BCUT2D eigenvalue weighted by Gasteiger charge is 2.19. The van der Waals surface area contributed by atoms with E-state index in [9.17, 15) is 9.90 Å². The summed E-state index contributed by atoms with van der Waals surface area (Å²) in [6.45, 7) is 6.46. The second-order valence-electron chi connectivity index (χ2n) is 4.70. The summed E-state index contributed by atoms with van der Waals surface area (Å²) in [5, 5.41) is 12.8. The van der Waals surface area contributed by atoms with Gasteiger partial charge in [-0.2, -0.15) is 0 Å². The monoisotopic (exact) mass is 281 g/mol. The van der Waals surface area contributed by atoms with Gasteiger partial charge in [-0.3, -0.25) is 0 Å². The largest absolute Gasteiger partial charge is 0.478 e. The zero-order valence-corrected chi connectivity index (χ0v) is 12.9. The summed E-state index contributed by atoms with van der Waals surface area (Å²) in [6, 6.07) is 5.87. The van der Waals surface area contributed by atoms with Crippen LogP contribution < -0.4 is 5.32 Å². The number of carbonyl (C=O) groups is 1. The molecule has 0 aliphatic heterocycles. The summed E-state index contributed by atoms with van der Waals surface area (Å²) in [7, 11) is 0. The van der Waals surface area contributed by atoms with Crippen LogP contribution in [0.5, 0.6) is 0 Å². The van der Waals surface area contributed by atoms with Gasteiger partial charge >= 0.3 is 5.97 Å². The second-order valence-corrected chi connectivity index (χ2v) is 5.55. The zero-order chi connectivity index (χ0) is 14.4. The summed E-state index contributed by atoms with van der Waals surface area (Å²) >= 11 is 1.46. The lowest BCUT2D eigenvalue weighted by Gasteiger charge is -2.24. The molecule has 3 nitrogen and oxygen atoms in total. The Morgan fingerprint density at radius 3 is 2.47 bits per heavy atom. The molecule has 1 aromatic rings. The van der Waals surface area contributed by atoms with Gasteiger partial charge in [-0.25, -0.2) is 4.79 Å². The fraction of sp³-hybridized carbons (Fsp3) is 0.533. The predicted octanol–water partition coefficient (Wildman–Crippen LogP) is 4.34. The predicted molar refractivity (Wildman–Crippen MR) is 82.3 cm³/mol. The van der Waals surface area contributed by atoms with Crippen molar-refractivity contribution in [2.24, 2.45) is 5.92 Å². The molecule has 0 saturated heterocycles. The van der Waals surface area contributed by atoms with Crippen LogP contribution in [0.1, 0.15) is 44.0 Å². The number of rotatable bonds is 7. The summed E-state index contributed by atoms with van der Waals surface area (Å²) < 4.78 is 0. The molecule has 0 radical (unpaired) electrons. The standard InChI is InChI=1S/C15H23NO2S/c1-5-11(6-2)10(3)16-12-8-7-9-13(19-4)14(12)15(17)18/h7-11,16H,5-6H2,1-4H3,(H,17,18). The molecule has 4 heteroatoms. The van der Waals surface area contributed by atoms with Crippen molar-refractivity contribution >= 4 is 23.4 Å². The Morgan fingerprint density at radius 2 is 2.00 bits per heavy atom. The van der Waals surface area contributed by atoms with E-state index >= 15 is 0 Å². The molecule has 0 saturated carbocycles. The Bertz CT molecular complexity index is 430. The molecule has 0 aliphatic rings. The third kappa shape index (κ3) is 3.90. The van der Waals surface area contributed by atoms with E-state index in [2.05, 4.69) is 26.1 Å². The number of hydrogen-bond acceptors (Lipinski definition) is 3. The van der Waals surface area contributed by atoms with Crippen LogP contribution in [0.25, 0.3) is 0 Å². The van der Waals surface area contributed by atoms with Crippen molar-refractivity contribution in [1.82, 2.24) is 0 Å². The van der Waals surface area contributed by atoms with Crippen LogP contribution in [0.4, 0.5) is 5.69 Å². The molecule has 1 atom stereocenters. The van der Waals surface area contributed by atoms with Gasteiger partial charge in [-0.05, 0) is 31.2 Å². The lowest BCUT2D eigenvalue weighted by molar-refractivity contribution is 0.0694. The molecule has 1 rings (SSSR count). The molecule has 0 heterocycles. The lowest BCUT2D eigenvalue weighted by Crippen LogP contribution is -2.26. The van der Waals surface area contributed by atoms with E-state index in [1.54, 1.807) is 0 Å². The fourth-order valence-electron chi connectivity index (χ4n) is 2.40. The van der Waals surface area contributed by atoms with Crippen LogP contribution in [0.15, 0.2) is 23.1 Å². The first kappa shape index (κ1) is 15.9. The number of thioether (sulfide) groups is 1. The number of hydrogen-bond donors (Lipinski definition) is 2. The van der Waals surface area contributed by atoms with E-state index in [-0.39, 0.29) is 6.04 Å². The van der Waals surface area contributed by atoms with Crippen LogP contribution in [-0.2, 0) is 0 Å². The molecule has 0 bridgehead atoms. The minimum Gasteiger partial charge on any atom is -0.478 e. The quantitative estimate of drug-likeness (QED) is 0.730. The first-order valence-corrected chi connectivity index (χ1v) is 7.94. The molecule has 0 aromatic heterocycles. The van der Waals surface area contributed by atoms with Gasteiger partial charge in [0.1, 0.15) is 0 Å². The number of carboxylic acids is 1. The number of nitrogens with one attached hydrogen (secondary N) is 1. The van der Waals surface area contributed by atoms with Crippen molar-refractivity contribution in [2.45, 2.75) is 44.6 Å². The number of carboxylic acid groups (broad SMARTS) is 1. The molecular weight excluding hydrogens is 258 g/mol. The van der Waals surface area contributed by atoms with Gasteiger partial charge in [-0.15, -0.1) is 11.8 Å². The third-order valence-electron chi connectivity index (χ3n) is 3.60. The van der Waals surface area contributed by atoms with E-state index in [0.29, 0.717) is 11.5 Å². The zero-order valence-electron chi connectivity index (χ0n) is 12.1. The van der Waals surface area contributed by atoms with Gasteiger partial charge in [-0.1, -0.05) is 32.8 Å². The van der Waals surface area contributed by atoms with Crippen molar-refractivity contribution in [3.05, 3.63) is 23.8 Å². The molecule has 0 aliphatic carbocycles. The van der Waals surface area contributed by atoms with Gasteiger partial charge in [0.25, 0.3) is 0 Å². The Hall–Kier alpha value is -1.16. The van der Waals surface area contributed by atoms with Crippen molar-refractivity contribution in [1.29, 1.82) is 0 Å². The van der Waals surface area contributed by atoms with Crippen molar-refractivity contribution in [3.63, 3.8) is 0 Å². The molecule has 19 heavy (non-hydrogen) atoms. The van der Waals surface area contributed by atoms with Gasteiger partial charge in [0.05, 0.1) is 11.3 Å². The molecule has 1 aromatic carbocycles. The Balaban J connectivity index is 3.03. The molecule has 0 fully saturated rings. The highest BCUT2D eigenvalue weighted by Crippen LogP contribution is 2.29. The van der Waals surface area contributed by atoms with Crippen molar-refractivity contribution < 1.29 is 9.90 Å². The molecule has 106 valence electrons. The fourth-order valence-corrected chi connectivity index (χ4v) is 3.02. The first-order valence-electron chi connectivity index (χ1n) is 6.71. The summed E-state index contributed by atoms with van der Waals surface area (Å²) in [6.07, 6.45) is 4.08. The summed E-state index contributed by atoms with van der Waals surface area (Å²) in [5.74, 6) is -0.316. The Morgan fingerprint density at radius 1 is 1.37 bits per heavy atom. The normalized spacial score (nSPS) is 12.5. The van der Waals surface area contributed by atoms with Gasteiger partial charge < -0.3 is 10.4 Å². The maximum Gasteiger partial charge on any atom is 0.338 e. The highest BCUT2D eigenvalue weighted by atomic mass is 32.2. The smallest absolute Gasteiger partial charge is 0.338 e. The van der Waals surface area contributed by atoms with Gasteiger partial charge in [0.2, 0.25) is 0 Å².